The highest BCUT2D eigenvalue weighted by molar-refractivity contribution is 7.98. The molecule has 0 unspecified atom stereocenters. The smallest absolute Gasteiger partial charge is 0.259 e. The van der Waals surface area contributed by atoms with Crippen LogP contribution in [0, 0.1) is 6.92 Å². The van der Waals surface area contributed by atoms with Crippen molar-refractivity contribution in [2.75, 3.05) is 0 Å². The Kier molecular flexibility index (Phi) is 4.47. The molecule has 0 spiro atoms. The molecule has 7 nitrogen and oxygen atoms in total. The van der Waals surface area contributed by atoms with Gasteiger partial charge >= 0.3 is 0 Å². The summed E-state index contributed by atoms with van der Waals surface area (Å²) in [6.07, 6.45) is 0. The molecule has 0 aliphatic heterocycles. The second kappa shape index (κ2) is 6.78. The minimum absolute atomic E-state index is 0.0531. The van der Waals surface area contributed by atoms with Crippen molar-refractivity contribution in [3.63, 3.8) is 0 Å². The summed E-state index contributed by atoms with van der Waals surface area (Å²) >= 11 is 4.22. The van der Waals surface area contributed by atoms with Crippen molar-refractivity contribution in [2.24, 2.45) is 0 Å². The molecule has 0 saturated carbocycles. The van der Waals surface area contributed by atoms with Crippen LogP contribution in [0.1, 0.15) is 28.0 Å². The van der Waals surface area contributed by atoms with Gasteiger partial charge in [-0.15, -0.1) is 27.8 Å². The van der Waals surface area contributed by atoms with Crippen LogP contribution in [0.3, 0.4) is 0 Å². The number of aryl methyl sites for hydroxylation is 1. The first-order chi connectivity index (χ1) is 12.5. The Labute approximate surface area is 159 Å². The molecule has 4 rings (SSSR count). The highest BCUT2D eigenvalue weighted by Gasteiger charge is 2.17. The molecule has 4 aromatic heterocycles. The third-order valence-electron chi connectivity index (χ3n) is 3.73. The fourth-order valence-corrected chi connectivity index (χ4v) is 4.99. The molecular formula is C16H13N5O2S3. The lowest BCUT2D eigenvalue weighted by Crippen LogP contribution is -2.11. The van der Waals surface area contributed by atoms with E-state index in [1.54, 1.807) is 18.3 Å². The molecular weight excluding hydrogens is 390 g/mol. The Bertz CT molecular complexity index is 1160. The van der Waals surface area contributed by atoms with Crippen molar-refractivity contribution in [1.82, 2.24) is 25.1 Å². The SMILES string of the molecule is CC(=O)c1sc2nc(CSc3n[nH]c(-c4cccs4)n3)[nH]c(=O)c2c1C. The number of H-pyrrole nitrogens is 2. The van der Waals surface area contributed by atoms with E-state index >= 15 is 0 Å². The number of rotatable bonds is 5. The minimum atomic E-state index is -0.221. The largest absolute Gasteiger partial charge is 0.309 e. The highest BCUT2D eigenvalue weighted by Crippen LogP contribution is 2.28. The predicted molar refractivity (Wildman–Crippen MR) is 104 cm³/mol. The standard InChI is InChI=1S/C16H13N5O2S3/c1-7-11-14(23)17-10(18-15(11)26-12(7)8(2)22)6-25-16-19-13(20-21-16)9-4-3-5-24-9/h3-5H,6H2,1-2H3,(H,17,18,23)(H,19,20,21). The minimum Gasteiger partial charge on any atom is -0.309 e. The summed E-state index contributed by atoms with van der Waals surface area (Å²) < 4.78 is 0. The lowest BCUT2D eigenvalue weighted by molar-refractivity contribution is 0.102. The Hall–Kier alpha value is -2.30. The van der Waals surface area contributed by atoms with E-state index in [9.17, 15) is 9.59 Å². The number of aromatic amines is 2. The molecule has 0 saturated heterocycles. The van der Waals surface area contributed by atoms with Gasteiger partial charge < -0.3 is 4.98 Å². The van der Waals surface area contributed by atoms with Gasteiger partial charge in [0, 0.05) is 0 Å². The zero-order valence-corrected chi connectivity index (χ0v) is 16.3. The number of Topliss-reactive ketones (excluding diaryl/α,β-unsaturated/α-hetero) is 1. The molecule has 10 heteroatoms. The van der Waals surface area contributed by atoms with E-state index in [1.807, 2.05) is 17.5 Å². The predicted octanol–water partition coefficient (Wildman–Crippen LogP) is 3.63. The molecule has 0 aliphatic rings. The number of thioether (sulfide) groups is 1. The molecule has 2 N–H and O–H groups in total. The number of ketones is 1. The number of nitrogens with one attached hydrogen (secondary N) is 2. The van der Waals surface area contributed by atoms with Gasteiger partial charge in [0.25, 0.3) is 5.56 Å². The van der Waals surface area contributed by atoms with Crippen LogP contribution < -0.4 is 5.56 Å². The molecule has 132 valence electrons. The van der Waals surface area contributed by atoms with Crippen LogP contribution in [-0.4, -0.2) is 30.9 Å². The van der Waals surface area contributed by atoms with E-state index in [4.69, 9.17) is 0 Å². The topological polar surface area (TPSA) is 104 Å². The van der Waals surface area contributed by atoms with Crippen molar-refractivity contribution >= 4 is 50.4 Å². The van der Waals surface area contributed by atoms with Gasteiger partial charge in [-0.3, -0.25) is 14.7 Å². The first-order valence-electron chi connectivity index (χ1n) is 7.65. The van der Waals surface area contributed by atoms with Crippen LogP contribution in [0.25, 0.3) is 20.9 Å². The number of hydrogen-bond acceptors (Lipinski definition) is 8. The van der Waals surface area contributed by atoms with Crippen LogP contribution in [0.5, 0.6) is 0 Å². The van der Waals surface area contributed by atoms with Crippen molar-refractivity contribution < 1.29 is 4.79 Å². The van der Waals surface area contributed by atoms with Gasteiger partial charge in [-0.25, -0.2) is 9.97 Å². The van der Waals surface area contributed by atoms with Crippen LogP contribution >= 0.6 is 34.4 Å². The average Bonchev–Trinajstić information content (AvgIpc) is 3.32. The van der Waals surface area contributed by atoms with Gasteiger partial charge in [0.05, 0.1) is 20.9 Å². The van der Waals surface area contributed by atoms with Gasteiger partial charge in [-0.05, 0) is 30.9 Å². The molecule has 0 fully saturated rings. The monoisotopic (exact) mass is 403 g/mol. The summed E-state index contributed by atoms with van der Waals surface area (Å²) in [5.74, 6) is 1.63. The Balaban J connectivity index is 1.58. The van der Waals surface area contributed by atoms with Crippen LogP contribution in [0.4, 0.5) is 0 Å². The van der Waals surface area contributed by atoms with Gasteiger partial charge in [-0.1, -0.05) is 17.8 Å². The van der Waals surface area contributed by atoms with E-state index in [0.29, 0.717) is 37.4 Å². The Morgan fingerprint density at radius 1 is 1.35 bits per heavy atom. The van der Waals surface area contributed by atoms with Crippen molar-refractivity contribution in [1.29, 1.82) is 0 Å². The molecule has 4 heterocycles. The van der Waals surface area contributed by atoms with Crippen molar-refractivity contribution in [2.45, 2.75) is 24.8 Å². The molecule has 0 aromatic carbocycles. The zero-order chi connectivity index (χ0) is 18.3. The number of thiophene rings is 2. The first kappa shape index (κ1) is 17.1. The molecule has 0 bridgehead atoms. The maximum absolute atomic E-state index is 12.4. The lowest BCUT2D eigenvalue weighted by Gasteiger charge is -1.98. The average molecular weight is 404 g/mol. The molecule has 0 radical (unpaired) electrons. The Morgan fingerprint density at radius 3 is 2.92 bits per heavy atom. The van der Waals surface area contributed by atoms with E-state index in [0.717, 1.165) is 10.7 Å². The number of carbonyl (C=O) groups is 1. The number of hydrogen-bond donors (Lipinski definition) is 2. The number of nitrogens with zero attached hydrogens (tertiary/aromatic N) is 3. The van der Waals surface area contributed by atoms with E-state index < -0.39 is 0 Å². The summed E-state index contributed by atoms with van der Waals surface area (Å²) in [6, 6.07) is 3.93. The van der Waals surface area contributed by atoms with Gasteiger partial charge in [0.1, 0.15) is 10.7 Å². The number of carbonyl (C=O) groups excluding carboxylic acids is 1. The fourth-order valence-electron chi connectivity index (χ4n) is 2.56. The number of aromatic nitrogens is 5. The highest BCUT2D eigenvalue weighted by atomic mass is 32.2. The summed E-state index contributed by atoms with van der Waals surface area (Å²) in [5, 5.41) is 10.2. The summed E-state index contributed by atoms with van der Waals surface area (Å²) in [7, 11) is 0. The van der Waals surface area contributed by atoms with Gasteiger partial charge in [-0.2, -0.15) is 0 Å². The van der Waals surface area contributed by atoms with Gasteiger partial charge in [0.15, 0.2) is 11.6 Å². The number of fused-ring (bicyclic) bond motifs is 1. The van der Waals surface area contributed by atoms with Gasteiger partial charge in [0.2, 0.25) is 5.16 Å². The van der Waals surface area contributed by atoms with Crippen LogP contribution in [-0.2, 0) is 5.75 Å². The first-order valence-corrected chi connectivity index (χ1v) is 10.3. The maximum atomic E-state index is 12.4. The van der Waals surface area contributed by atoms with Crippen molar-refractivity contribution in [3.8, 4) is 10.7 Å². The zero-order valence-electron chi connectivity index (χ0n) is 13.8. The maximum Gasteiger partial charge on any atom is 0.259 e. The quantitative estimate of drug-likeness (QED) is 0.389. The third kappa shape index (κ3) is 3.11. The lowest BCUT2D eigenvalue weighted by atomic mass is 10.2. The summed E-state index contributed by atoms with van der Waals surface area (Å²) in [5.41, 5.74) is 0.473. The Morgan fingerprint density at radius 2 is 2.19 bits per heavy atom. The molecule has 4 aromatic rings. The molecule has 0 atom stereocenters. The molecule has 26 heavy (non-hydrogen) atoms. The van der Waals surface area contributed by atoms with E-state index in [-0.39, 0.29) is 11.3 Å². The molecule has 0 amide bonds. The van der Waals surface area contributed by atoms with Crippen molar-refractivity contribution in [3.05, 3.63) is 44.1 Å². The van der Waals surface area contributed by atoms with E-state index in [1.165, 1.54) is 30.0 Å². The van der Waals surface area contributed by atoms with E-state index in [2.05, 4.69) is 25.1 Å². The van der Waals surface area contributed by atoms with Crippen LogP contribution in [0.2, 0.25) is 0 Å². The second-order valence-electron chi connectivity index (χ2n) is 5.54. The molecule has 0 aliphatic carbocycles. The normalized spacial score (nSPS) is 11.3. The fraction of sp³-hybridized carbons (Fsp3) is 0.188. The van der Waals surface area contributed by atoms with Crippen LogP contribution in [0.15, 0.2) is 27.5 Å². The third-order valence-corrected chi connectivity index (χ3v) is 6.75. The summed E-state index contributed by atoms with van der Waals surface area (Å²) in [4.78, 5) is 38.0. The summed E-state index contributed by atoms with van der Waals surface area (Å²) in [6.45, 7) is 3.28. The second-order valence-corrected chi connectivity index (χ2v) is 8.43.